The van der Waals surface area contributed by atoms with Crippen molar-refractivity contribution in [2.45, 2.75) is 58.9 Å². The molecule has 1 atom stereocenters. The van der Waals surface area contributed by atoms with E-state index in [1.165, 1.54) is 0 Å². The fourth-order valence-corrected chi connectivity index (χ4v) is 6.07. The maximum absolute atomic E-state index is 13.9. The largest absolute Gasteiger partial charge is 0.497 e. The van der Waals surface area contributed by atoms with Gasteiger partial charge in [-0.15, -0.1) is 0 Å². The maximum atomic E-state index is 13.9. The SMILES string of the molecule is COc1cccc(NC(=O)CN2CN(c3ccccc3)C3(CCN(C(=O)C[C@@H](C)CC(C)(C)C)CC3)C2=O)c1. The second kappa shape index (κ2) is 11.7. The Bertz CT molecular complexity index is 1170. The lowest BCUT2D eigenvalue weighted by Gasteiger charge is -2.43. The van der Waals surface area contributed by atoms with E-state index >= 15 is 0 Å². The third kappa shape index (κ3) is 6.72. The van der Waals surface area contributed by atoms with Gasteiger partial charge in [0.1, 0.15) is 17.8 Å². The van der Waals surface area contributed by atoms with Crippen LogP contribution in [-0.4, -0.2) is 66.5 Å². The van der Waals surface area contributed by atoms with E-state index in [-0.39, 0.29) is 29.7 Å². The smallest absolute Gasteiger partial charge is 0.250 e. The molecule has 8 nitrogen and oxygen atoms in total. The molecule has 2 aromatic rings. The standard InChI is InChI=1S/C31H42N4O4/c1-23(20-30(2,3)4)18-28(37)33-16-14-31(15-17-33)29(38)34(22-35(31)25-11-7-6-8-12-25)21-27(36)32-24-10-9-13-26(19-24)39-5/h6-13,19,23H,14-18,20-22H2,1-5H3,(H,32,36)/t23-/m1/s1. The van der Waals surface area contributed by atoms with E-state index in [1.807, 2.05) is 41.3 Å². The fourth-order valence-electron chi connectivity index (χ4n) is 6.07. The third-order valence-corrected chi connectivity index (χ3v) is 7.70. The Labute approximate surface area is 232 Å². The van der Waals surface area contributed by atoms with E-state index in [0.29, 0.717) is 56.4 Å². The van der Waals surface area contributed by atoms with Crippen LogP contribution in [-0.2, 0) is 14.4 Å². The van der Waals surface area contributed by atoms with Crippen molar-refractivity contribution >= 4 is 29.1 Å². The van der Waals surface area contributed by atoms with Crippen molar-refractivity contribution in [2.24, 2.45) is 11.3 Å². The molecule has 1 N–H and O–H groups in total. The number of nitrogens with zero attached hydrogens (tertiary/aromatic N) is 3. The number of anilines is 2. The Morgan fingerprint density at radius 1 is 1.05 bits per heavy atom. The number of hydrogen-bond acceptors (Lipinski definition) is 5. The molecule has 0 saturated carbocycles. The number of carbonyl (C=O) groups excluding carboxylic acids is 3. The van der Waals surface area contributed by atoms with Gasteiger partial charge in [-0.1, -0.05) is 52.0 Å². The quantitative estimate of drug-likeness (QED) is 0.528. The molecule has 8 heteroatoms. The van der Waals surface area contributed by atoms with E-state index in [4.69, 9.17) is 4.74 Å². The number of rotatable bonds is 8. The van der Waals surface area contributed by atoms with Crippen LogP contribution in [0.2, 0.25) is 0 Å². The number of amides is 3. The minimum atomic E-state index is -0.772. The van der Waals surface area contributed by atoms with Crippen LogP contribution in [0.4, 0.5) is 11.4 Å². The van der Waals surface area contributed by atoms with Crippen molar-refractivity contribution in [2.75, 3.05) is 43.6 Å². The maximum Gasteiger partial charge on any atom is 0.250 e. The van der Waals surface area contributed by atoms with Gasteiger partial charge in [-0.2, -0.15) is 0 Å². The van der Waals surface area contributed by atoms with Gasteiger partial charge in [-0.25, -0.2) is 0 Å². The summed E-state index contributed by atoms with van der Waals surface area (Å²) in [5.74, 6) is 0.796. The van der Waals surface area contributed by atoms with Gasteiger partial charge in [0.05, 0.1) is 13.8 Å². The molecule has 0 radical (unpaired) electrons. The Morgan fingerprint density at radius 3 is 2.38 bits per heavy atom. The topological polar surface area (TPSA) is 82.2 Å². The Kier molecular flexibility index (Phi) is 8.52. The van der Waals surface area contributed by atoms with E-state index in [1.54, 1.807) is 30.2 Å². The van der Waals surface area contributed by atoms with Crippen LogP contribution in [0, 0.1) is 11.3 Å². The van der Waals surface area contributed by atoms with E-state index < -0.39 is 5.54 Å². The Balaban J connectivity index is 1.46. The molecule has 2 aliphatic rings. The fraction of sp³-hybridized carbons (Fsp3) is 0.516. The molecule has 3 amide bonds. The molecular weight excluding hydrogens is 492 g/mol. The number of ether oxygens (including phenoxy) is 1. The second-order valence-corrected chi connectivity index (χ2v) is 12.2. The molecular formula is C31H42N4O4. The summed E-state index contributed by atoms with van der Waals surface area (Å²) >= 11 is 0. The third-order valence-electron chi connectivity index (χ3n) is 7.70. The molecule has 0 aromatic heterocycles. The predicted octanol–water partition coefficient (Wildman–Crippen LogP) is 4.76. The predicted molar refractivity (Wildman–Crippen MR) is 154 cm³/mol. The van der Waals surface area contributed by atoms with Crippen molar-refractivity contribution in [3.63, 3.8) is 0 Å². The molecule has 2 aliphatic heterocycles. The van der Waals surface area contributed by atoms with Crippen LogP contribution in [0.15, 0.2) is 54.6 Å². The number of nitrogens with one attached hydrogen (secondary N) is 1. The molecule has 0 aliphatic carbocycles. The van der Waals surface area contributed by atoms with Crippen molar-refractivity contribution in [3.8, 4) is 5.75 Å². The summed E-state index contributed by atoms with van der Waals surface area (Å²) in [5, 5.41) is 2.88. The number of benzene rings is 2. The molecule has 210 valence electrons. The molecule has 2 heterocycles. The van der Waals surface area contributed by atoms with Crippen LogP contribution in [0.25, 0.3) is 0 Å². The number of para-hydroxylation sites is 1. The Morgan fingerprint density at radius 2 is 1.74 bits per heavy atom. The molecule has 2 saturated heterocycles. The van der Waals surface area contributed by atoms with Gasteiger partial charge in [0.25, 0.3) is 5.91 Å². The molecule has 0 bridgehead atoms. The number of likely N-dealkylation sites (tertiary alicyclic amines) is 1. The van der Waals surface area contributed by atoms with Gasteiger partial charge < -0.3 is 24.8 Å². The summed E-state index contributed by atoms with van der Waals surface area (Å²) in [6, 6.07) is 17.0. The van der Waals surface area contributed by atoms with Gasteiger partial charge in [-0.05, 0) is 54.9 Å². The molecule has 2 fully saturated rings. The monoisotopic (exact) mass is 534 g/mol. The highest BCUT2D eigenvalue weighted by Crippen LogP contribution is 2.40. The highest BCUT2D eigenvalue weighted by Gasteiger charge is 2.54. The average molecular weight is 535 g/mol. The minimum absolute atomic E-state index is 0.0475. The van der Waals surface area contributed by atoms with Crippen LogP contribution in [0.5, 0.6) is 5.75 Å². The van der Waals surface area contributed by atoms with Gasteiger partial charge in [-0.3, -0.25) is 14.4 Å². The second-order valence-electron chi connectivity index (χ2n) is 12.2. The highest BCUT2D eigenvalue weighted by atomic mass is 16.5. The lowest BCUT2D eigenvalue weighted by Crippen LogP contribution is -2.57. The number of hydrogen-bond donors (Lipinski definition) is 1. The summed E-state index contributed by atoms with van der Waals surface area (Å²) in [7, 11) is 1.58. The van der Waals surface area contributed by atoms with Crippen LogP contribution >= 0.6 is 0 Å². The van der Waals surface area contributed by atoms with E-state index in [9.17, 15) is 14.4 Å². The normalized spacial score (nSPS) is 17.9. The summed E-state index contributed by atoms with van der Waals surface area (Å²) in [6.45, 7) is 10.1. The number of methoxy groups -OCH3 is 1. The van der Waals surface area contributed by atoms with Gasteiger partial charge in [0.2, 0.25) is 11.8 Å². The molecule has 39 heavy (non-hydrogen) atoms. The first-order chi connectivity index (χ1) is 18.5. The first-order valence-electron chi connectivity index (χ1n) is 13.8. The highest BCUT2D eigenvalue weighted by molar-refractivity contribution is 5.99. The van der Waals surface area contributed by atoms with Crippen molar-refractivity contribution < 1.29 is 19.1 Å². The van der Waals surface area contributed by atoms with Gasteiger partial charge in [0, 0.05) is 37.0 Å². The number of piperidine rings is 1. The van der Waals surface area contributed by atoms with Crippen LogP contribution in [0.1, 0.15) is 53.4 Å². The summed E-state index contributed by atoms with van der Waals surface area (Å²) < 4.78 is 5.24. The van der Waals surface area contributed by atoms with Crippen LogP contribution in [0.3, 0.4) is 0 Å². The van der Waals surface area contributed by atoms with Gasteiger partial charge in [0.15, 0.2) is 0 Å². The first-order valence-corrected chi connectivity index (χ1v) is 13.8. The lowest BCUT2D eigenvalue weighted by atomic mass is 9.83. The minimum Gasteiger partial charge on any atom is -0.497 e. The number of carbonyl (C=O) groups is 3. The van der Waals surface area contributed by atoms with E-state index in [0.717, 1.165) is 12.1 Å². The zero-order valence-corrected chi connectivity index (χ0v) is 23.9. The zero-order valence-electron chi connectivity index (χ0n) is 23.9. The molecule has 2 aromatic carbocycles. The lowest BCUT2D eigenvalue weighted by molar-refractivity contribution is -0.139. The zero-order chi connectivity index (χ0) is 28.2. The molecule has 1 spiro atoms. The van der Waals surface area contributed by atoms with Crippen molar-refractivity contribution in [1.29, 1.82) is 0 Å². The summed E-state index contributed by atoms with van der Waals surface area (Å²) in [4.78, 5) is 45.7. The first kappa shape index (κ1) is 28.5. The van der Waals surface area contributed by atoms with Crippen molar-refractivity contribution in [3.05, 3.63) is 54.6 Å². The summed E-state index contributed by atoms with van der Waals surface area (Å²) in [5.41, 5.74) is 0.972. The Hall–Kier alpha value is -3.55. The van der Waals surface area contributed by atoms with Crippen molar-refractivity contribution in [1.82, 2.24) is 9.80 Å². The van der Waals surface area contributed by atoms with Gasteiger partial charge >= 0.3 is 0 Å². The average Bonchev–Trinajstić information content (AvgIpc) is 3.14. The summed E-state index contributed by atoms with van der Waals surface area (Å²) in [6.07, 6.45) is 2.59. The van der Waals surface area contributed by atoms with Crippen LogP contribution < -0.4 is 15.0 Å². The molecule has 0 unspecified atom stereocenters. The van der Waals surface area contributed by atoms with E-state index in [2.05, 4.69) is 37.9 Å². The molecule has 4 rings (SSSR count).